The zero-order valence-electron chi connectivity index (χ0n) is 6.88. The predicted octanol–water partition coefficient (Wildman–Crippen LogP) is 2.03. The first kappa shape index (κ1) is 10.2. The molecule has 3 nitrogen and oxygen atoms in total. The number of hydrogen-bond donors (Lipinski definition) is 0. The van der Waals surface area contributed by atoms with Gasteiger partial charge < -0.3 is 0 Å². The van der Waals surface area contributed by atoms with Gasteiger partial charge in [0.05, 0.1) is 12.1 Å². The Labute approximate surface area is 66.7 Å². The Kier molecular flexibility index (Phi) is 4.28. The lowest BCUT2D eigenvalue weighted by Crippen LogP contribution is -2.32. The van der Waals surface area contributed by atoms with Crippen molar-refractivity contribution in [2.75, 3.05) is 6.61 Å². The summed E-state index contributed by atoms with van der Waals surface area (Å²) in [5.74, 6) is 0. The van der Waals surface area contributed by atoms with E-state index in [4.69, 9.17) is 4.18 Å². The van der Waals surface area contributed by atoms with Gasteiger partial charge >= 0.3 is 0 Å². The summed E-state index contributed by atoms with van der Waals surface area (Å²) in [5, 5.41) is 11.0. The number of hydroxylamine groups is 1. The molecule has 0 atom stereocenters. The van der Waals surface area contributed by atoms with Crippen LogP contribution in [0.1, 0.15) is 27.7 Å². The zero-order valence-corrected chi connectivity index (χ0v) is 7.70. The first-order valence-corrected chi connectivity index (χ1v) is 3.95. The van der Waals surface area contributed by atoms with Crippen LogP contribution in [0.3, 0.4) is 0 Å². The molecule has 0 N–H and O–H groups in total. The predicted molar refractivity (Wildman–Crippen MR) is 41.5 cm³/mol. The molecule has 0 fully saturated rings. The zero-order chi connectivity index (χ0) is 8.20. The highest BCUT2D eigenvalue weighted by Crippen LogP contribution is 2.20. The van der Waals surface area contributed by atoms with E-state index in [0.717, 1.165) is 16.7 Å². The van der Waals surface area contributed by atoms with E-state index in [1.807, 2.05) is 27.7 Å². The summed E-state index contributed by atoms with van der Waals surface area (Å²) >= 11 is 0.861. The average molecular weight is 164 g/mol. The third kappa shape index (κ3) is 4.11. The Morgan fingerprint density at radius 2 is 2.00 bits per heavy atom. The van der Waals surface area contributed by atoms with Gasteiger partial charge in [-0.15, -0.1) is 5.21 Å². The van der Waals surface area contributed by atoms with Crippen LogP contribution in [0.15, 0.2) is 0 Å². The summed E-state index contributed by atoms with van der Waals surface area (Å²) < 4.78 is 5.70. The molecule has 0 aliphatic heterocycles. The summed E-state index contributed by atoms with van der Waals surface area (Å²) in [6.07, 6.45) is 0. The molecule has 0 unspecified atom stereocenters. The lowest BCUT2D eigenvalue weighted by Gasteiger charge is -2.23. The highest BCUT2D eigenvalue weighted by Gasteiger charge is 2.21. The van der Waals surface area contributed by atoms with Gasteiger partial charge in [-0.05, 0) is 27.7 Å². The fourth-order valence-corrected chi connectivity index (χ4v) is 0.637. The van der Waals surface area contributed by atoms with Gasteiger partial charge in [-0.25, -0.2) is 0 Å². The molecule has 0 aliphatic carbocycles. The molecular weight excluding hydrogens is 150 g/mol. The highest BCUT2D eigenvalue weighted by atomic mass is 32.2. The molecule has 4 heteroatoms. The monoisotopic (exact) mass is 164 g/mol. The molecule has 0 spiro atoms. The minimum atomic E-state index is -0.375. The smallest absolute Gasteiger partial charge is 0.112 e. The minimum Gasteiger partial charge on any atom is -0.300 e. The summed E-state index contributed by atoms with van der Waals surface area (Å²) in [6, 6.07) is 0. The number of rotatable bonds is 3. The Morgan fingerprint density at radius 1 is 1.50 bits per heavy atom. The van der Waals surface area contributed by atoms with Gasteiger partial charge in [0.1, 0.15) is 12.2 Å². The molecule has 0 heterocycles. The fraction of sp³-hybridized carbons (Fsp3) is 1.00. The standard InChI is InChI=1S/C6H14NO2S/c1-5-9-10-7(8)6(2,3)4/h5H2,1-4H3. The van der Waals surface area contributed by atoms with Gasteiger partial charge in [-0.2, -0.15) is 0 Å². The van der Waals surface area contributed by atoms with E-state index in [1.165, 1.54) is 0 Å². The maximum absolute atomic E-state index is 11.0. The first-order valence-electron chi connectivity index (χ1n) is 3.25. The van der Waals surface area contributed by atoms with Crippen LogP contribution in [0, 0.1) is 0 Å². The summed E-state index contributed by atoms with van der Waals surface area (Å²) in [4.78, 5) is 0. The Balaban J connectivity index is 3.52. The summed E-state index contributed by atoms with van der Waals surface area (Å²) in [7, 11) is 0. The van der Waals surface area contributed by atoms with Crippen molar-refractivity contribution in [1.82, 2.24) is 4.47 Å². The van der Waals surface area contributed by atoms with Crippen LogP contribution >= 0.6 is 12.2 Å². The van der Waals surface area contributed by atoms with Crippen LogP contribution in [0.25, 0.3) is 0 Å². The van der Waals surface area contributed by atoms with Crippen molar-refractivity contribution < 1.29 is 9.39 Å². The van der Waals surface area contributed by atoms with Crippen molar-refractivity contribution in [1.29, 1.82) is 0 Å². The summed E-state index contributed by atoms with van der Waals surface area (Å²) in [6.45, 7) is 7.92. The van der Waals surface area contributed by atoms with Crippen LogP contribution < -0.4 is 0 Å². The van der Waals surface area contributed by atoms with E-state index < -0.39 is 0 Å². The van der Waals surface area contributed by atoms with Gasteiger partial charge in [-0.1, -0.05) is 4.47 Å². The second kappa shape index (κ2) is 4.18. The van der Waals surface area contributed by atoms with E-state index in [9.17, 15) is 5.21 Å². The Hall–Kier alpha value is 0.230. The van der Waals surface area contributed by atoms with Gasteiger partial charge in [0.25, 0.3) is 0 Å². The number of nitrogens with zero attached hydrogens (tertiary/aromatic N) is 1. The molecule has 0 rings (SSSR count). The quantitative estimate of drug-likeness (QED) is 0.363. The average Bonchev–Trinajstić information content (AvgIpc) is 1.80. The molecule has 10 heavy (non-hydrogen) atoms. The molecule has 0 saturated carbocycles. The normalized spacial score (nSPS) is 12.6. The Bertz CT molecular complexity index is 92.2. The van der Waals surface area contributed by atoms with E-state index in [2.05, 4.69) is 0 Å². The molecule has 0 amide bonds. The van der Waals surface area contributed by atoms with Crippen LogP contribution in [-0.4, -0.2) is 16.6 Å². The van der Waals surface area contributed by atoms with Gasteiger partial charge in [0.2, 0.25) is 0 Å². The number of hydrogen-bond acceptors (Lipinski definition) is 3. The molecule has 1 radical (unpaired) electrons. The highest BCUT2D eigenvalue weighted by molar-refractivity contribution is 7.92. The van der Waals surface area contributed by atoms with Crippen LogP contribution in [-0.2, 0) is 9.39 Å². The molecule has 61 valence electrons. The second-order valence-electron chi connectivity index (χ2n) is 2.91. The van der Waals surface area contributed by atoms with Gasteiger partial charge in [-0.3, -0.25) is 4.18 Å². The van der Waals surface area contributed by atoms with Crippen molar-refractivity contribution in [2.24, 2.45) is 0 Å². The van der Waals surface area contributed by atoms with E-state index in [0.29, 0.717) is 6.61 Å². The molecule has 0 aromatic heterocycles. The third-order valence-electron chi connectivity index (χ3n) is 0.786. The van der Waals surface area contributed by atoms with Crippen molar-refractivity contribution in [3.63, 3.8) is 0 Å². The van der Waals surface area contributed by atoms with E-state index in [-0.39, 0.29) is 5.54 Å². The van der Waals surface area contributed by atoms with Crippen molar-refractivity contribution in [2.45, 2.75) is 33.2 Å². The first-order chi connectivity index (χ1) is 4.48. The van der Waals surface area contributed by atoms with Crippen molar-refractivity contribution in [3.8, 4) is 0 Å². The van der Waals surface area contributed by atoms with E-state index >= 15 is 0 Å². The van der Waals surface area contributed by atoms with Gasteiger partial charge in [0.15, 0.2) is 0 Å². The van der Waals surface area contributed by atoms with Crippen LogP contribution in [0.4, 0.5) is 0 Å². The molecule has 0 aliphatic rings. The molecule has 0 bridgehead atoms. The fourth-order valence-electron chi connectivity index (χ4n) is 0.212. The van der Waals surface area contributed by atoms with Crippen molar-refractivity contribution >= 4 is 12.2 Å². The third-order valence-corrected chi connectivity index (χ3v) is 1.81. The minimum absolute atomic E-state index is 0.375. The Morgan fingerprint density at radius 3 is 2.30 bits per heavy atom. The van der Waals surface area contributed by atoms with Crippen LogP contribution in [0.2, 0.25) is 0 Å². The molecular formula is C6H14NO2S. The maximum Gasteiger partial charge on any atom is 0.112 e. The topological polar surface area (TPSA) is 32.4 Å². The van der Waals surface area contributed by atoms with Gasteiger partial charge in [0, 0.05) is 0 Å². The largest absolute Gasteiger partial charge is 0.300 e. The summed E-state index contributed by atoms with van der Waals surface area (Å²) in [5.41, 5.74) is -0.375. The molecule has 0 aromatic carbocycles. The molecule has 0 aromatic rings. The van der Waals surface area contributed by atoms with Crippen molar-refractivity contribution in [3.05, 3.63) is 0 Å². The molecule has 0 saturated heterocycles. The lowest BCUT2D eigenvalue weighted by atomic mass is 10.1. The maximum atomic E-state index is 11.0. The van der Waals surface area contributed by atoms with Crippen LogP contribution in [0.5, 0.6) is 0 Å². The second-order valence-corrected chi connectivity index (χ2v) is 3.63. The van der Waals surface area contributed by atoms with E-state index in [1.54, 1.807) is 0 Å². The SMILES string of the molecule is CCOSN([O])C(C)(C)C. The lowest BCUT2D eigenvalue weighted by molar-refractivity contribution is -0.126.